The van der Waals surface area contributed by atoms with E-state index in [1.165, 1.54) is 0 Å². The Morgan fingerprint density at radius 2 is 2.00 bits per heavy atom. The molecule has 4 rings (SSSR count). The van der Waals surface area contributed by atoms with Gasteiger partial charge in [-0.2, -0.15) is 5.26 Å². The predicted octanol–water partition coefficient (Wildman–Crippen LogP) is 4.30. The molecule has 2 N–H and O–H groups in total. The Bertz CT molecular complexity index is 1100. The van der Waals surface area contributed by atoms with Gasteiger partial charge in [-0.25, -0.2) is 4.98 Å². The normalized spacial score (nSPS) is 11.2. The fraction of sp³-hybridized carbons (Fsp3) is 0.0588. The van der Waals surface area contributed by atoms with Crippen molar-refractivity contribution in [2.45, 2.75) is 6.92 Å². The molecule has 0 aliphatic heterocycles. The molecule has 0 aliphatic rings. The van der Waals surface area contributed by atoms with Gasteiger partial charge in [0.2, 0.25) is 5.95 Å². The highest BCUT2D eigenvalue weighted by Gasteiger charge is 2.18. The van der Waals surface area contributed by atoms with Gasteiger partial charge in [0, 0.05) is 15.5 Å². The van der Waals surface area contributed by atoms with Gasteiger partial charge in [-0.3, -0.25) is 4.57 Å². The van der Waals surface area contributed by atoms with Crippen molar-refractivity contribution >= 4 is 43.9 Å². The van der Waals surface area contributed by atoms with E-state index in [1.54, 1.807) is 6.07 Å². The fourth-order valence-electron chi connectivity index (χ4n) is 2.84. The third kappa shape index (κ3) is 2.01. The molecule has 0 amide bonds. The molecule has 0 aliphatic carbocycles. The summed E-state index contributed by atoms with van der Waals surface area (Å²) < 4.78 is 8.57. The predicted molar refractivity (Wildman–Crippen MR) is 92.4 cm³/mol. The Morgan fingerprint density at radius 3 is 2.70 bits per heavy atom. The van der Waals surface area contributed by atoms with E-state index < -0.39 is 0 Å². The van der Waals surface area contributed by atoms with E-state index in [0.717, 1.165) is 26.8 Å². The van der Waals surface area contributed by atoms with Crippen LogP contribution in [0, 0.1) is 18.3 Å². The molecular formula is C17H11BrN4O. The van der Waals surface area contributed by atoms with Crippen LogP contribution in [0.4, 0.5) is 5.95 Å². The standard InChI is InChI=1S/C17H11BrN4O/c1-9-6-13-15-14(7-10(8-19)16(13)23-9)21-17(20)22(15)12-4-2-11(18)3-5-12/h2-7H,1H3,(H2,20,21). The summed E-state index contributed by atoms with van der Waals surface area (Å²) in [5.41, 5.74) is 9.58. The third-order valence-electron chi connectivity index (χ3n) is 3.77. The van der Waals surface area contributed by atoms with Crippen molar-refractivity contribution in [1.82, 2.24) is 9.55 Å². The molecule has 0 unspecified atom stereocenters. The quantitative estimate of drug-likeness (QED) is 0.544. The molecule has 0 saturated heterocycles. The maximum Gasteiger partial charge on any atom is 0.205 e. The monoisotopic (exact) mass is 366 g/mol. The van der Waals surface area contributed by atoms with Crippen molar-refractivity contribution < 1.29 is 4.42 Å². The number of fused-ring (bicyclic) bond motifs is 3. The molecule has 0 saturated carbocycles. The number of halogens is 1. The van der Waals surface area contributed by atoms with Crippen LogP contribution >= 0.6 is 15.9 Å². The summed E-state index contributed by atoms with van der Waals surface area (Å²) in [4.78, 5) is 4.42. The minimum absolute atomic E-state index is 0.373. The Balaban J connectivity index is 2.17. The van der Waals surface area contributed by atoms with Gasteiger partial charge in [0.1, 0.15) is 11.8 Å². The molecule has 4 aromatic rings. The summed E-state index contributed by atoms with van der Waals surface area (Å²) in [6, 6.07) is 13.6. The molecule has 0 spiro atoms. The molecule has 0 fully saturated rings. The summed E-state index contributed by atoms with van der Waals surface area (Å²) in [6.45, 7) is 1.86. The molecular weight excluding hydrogens is 356 g/mol. The number of benzene rings is 2. The van der Waals surface area contributed by atoms with Crippen LogP contribution in [0.15, 0.2) is 45.3 Å². The lowest BCUT2D eigenvalue weighted by Crippen LogP contribution is -2.00. The van der Waals surface area contributed by atoms with Gasteiger partial charge in [-0.15, -0.1) is 0 Å². The Kier molecular flexibility index (Phi) is 2.93. The number of rotatable bonds is 1. The topological polar surface area (TPSA) is 80.8 Å². The van der Waals surface area contributed by atoms with Crippen molar-refractivity contribution in [3.8, 4) is 11.8 Å². The number of nitrogens with zero attached hydrogens (tertiary/aromatic N) is 3. The molecule has 2 aromatic carbocycles. The number of nitrogen functional groups attached to an aromatic ring is 1. The van der Waals surface area contributed by atoms with E-state index in [1.807, 2.05) is 41.8 Å². The number of nitrogens with two attached hydrogens (primary N) is 1. The van der Waals surface area contributed by atoms with Crippen LogP contribution in [-0.2, 0) is 0 Å². The fourth-order valence-corrected chi connectivity index (χ4v) is 3.11. The SMILES string of the molecule is Cc1cc2c(o1)c(C#N)cc1nc(N)n(-c3ccc(Br)cc3)c12. The van der Waals surface area contributed by atoms with E-state index in [0.29, 0.717) is 22.6 Å². The number of hydrogen-bond acceptors (Lipinski definition) is 4. The number of aryl methyl sites for hydroxylation is 1. The van der Waals surface area contributed by atoms with Crippen LogP contribution in [0.25, 0.3) is 27.7 Å². The summed E-state index contributed by atoms with van der Waals surface area (Å²) in [5.74, 6) is 1.11. The van der Waals surface area contributed by atoms with Crippen LogP contribution in [0.1, 0.15) is 11.3 Å². The number of nitriles is 1. The minimum atomic E-state index is 0.373. The Morgan fingerprint density at radius 1 is 1.26 bits per heavy atom. The molecule has 2 heterocycles. The zero-order valence-electron chi connectivity index (χ0n) is 12.2. The first-order chi connectivity index (χ1) is 11.1. The Hall–Kier alpha value is -2.78. The minimum Gasteiger partial charge on any atom is -0.460 e. The van der Waals surface area contributed by atoms with Crippen LogP contribution in [0.2, 0.25) is 0 Å². The smallest absolute Gasteiger partial charge is 0.205 e. The van der Waals surface area contributed by atoms with E-state index in [4.69, 9.17) is 10.2 Å². The van der Waals surface area contributed by atoms with Gasteiger partial charge in [0.25, 0.3) is 0 Å². The van der Waals surface area contributed by atoms with Gasteiger partial charge in [0.15, 0.2) is 5.58 Å². The van der Waals surface area contributed by atoms with Crippen molar-refractivity contribution in [2.24, 2.45) is 0 Å². The lowest BCUT2D eigenvalue weighted by Gasteiger charge is -2.07. The van der Waals surface area contributed by atoms with Crippen molar-refractivity contribution in [3.05, 3.63) is 52.2 Å². The summed E-state index contributed by atoms with van der Waals surface area (Å²) >= 11 is 3.43. The average molecular weight is 367 g/mol. The zero-order chi connectivity index (χ0) is 16.1. The van der Waals surface area contributed by atoms with Gasteiger partial charge < -0.3 is 10.2 Å². The number of hydrogen-bond donors (Lipinski definition) is 1. The van der Waals surface area contributed by atoms with E-state index in [-0.39, 0.29) is 0 Å². The molecule has 0 atom stereocenters. The number of aromatic nitrogens is 2. The lowest BCUT2D eigenvalue weighted by molar-refractivity contribution is 0.578. The third-order valence-corrected chi connectivity index (χ3v) is 4.30. The maximum atomic E-state index is 9.35. The molecule has 112 valence electrons. The first kappa shape index (κ1) is 13.9. The van der Waals surface area contributed by atoms with E-state index in [9.17, 15) is 5.26 Å². The van der Waals surface area contributed by atoms with Gasteiger partial charge in [-0.05, 0) is 43.3 Å². The van der Waals surface area contributed by atoms with Crippen LogP contribution in [0.5, 0.6) is 0 Å². The second-order valence-corrected chi connectivity index (χ2v) is 6.20. The van der Waals surface area contributed by atoms with E-state index in [2.05, 4.69) is 27.0 Å². The Labute approximate surface area is 140 Å². The first-order valence-electron chi connectivity index (χ1n) is 6.95. The van der Waals surface area contributed by atoms with Crippen LogP contribution in [-0.4, -0.2) is 9.55 Å². The summed E-state index contributed by atoms with van der Waals surface area (Å²) in [5, 5.41) is 10.2. The van der Waals surface area contributed by atoms with Crippen molar-refractivity contribution in [2.75, 3.05) is 5.73 Å². The maximum absolute atomic E-state index is 9.35. The summed E-state index contributed by atoms with van der Waals surface area (Å²) in [6.07, 6.45) is 0. The second kappa shape index (κ2) is 4.86. The van der Waals surface area contributed by atoms with E-state index >= 15 is 0 Å². The highest BCUT2D eigenvalue weighted by atomic mass is 79.9. The molecule has 23 heavy (non-hydrogen) atoms. The number of anilines is 1. The zero-order valence-corrected chi connectivity index (χ0v) is 13.8. The molecule has 5 nitrogen and oxygen atoms in total. The van der Waals surface area contributed by atoms with Crippen molar-refractivity contribution in [1.29, 1.82) is 5.26 Å². The summed E-state index contributed by atoms with van der Waals surface area (Å²) in [7, 11) is 0. The second-order valence-electron chi connectivity index (χ2n) is 5.29. The van der Waals surface area contributed by atoms with Crippen LogP contribution < -0.4 is 5.73 Å². The lowest BCUT2D eigenvalue weighted by atomic mass is 10.1. The average Bonchev–Trinajstić information content (AvgIpc) is 3.06. The molecule has 0 radical (unpaired) electrons. The highest BCUT2D eigenvalue weighted by Crippen LogP contribution is 2.34. The first-order valence-corrected chi connectivity index (χ1v) is 7.75. The largest absolute Gasteiger partial charge is 0.460 e. The van der Waals surface area contributed by atoms with Gasteiger partial charge >= 0.3 is 0 Å². The molecule has 0 bridgehead atoms. The van der Waals surface area contributed by atoms with Crippen LogP contribution in [0.3, 0.4) is 0 Å². The molecule has 6 heteroatoms. The van der Waals surface area contributed by atoms with Gasteiger partial charge in [-0.1, -0.05) is 15.9 Å². The molecule has 2 aromatic heterocycles. The number of imidazole rings is 1. The van der Waals surface area contributed by atoms with Crippen molar-refractivity contribution in [3.63, 3.8) is 0 Å². The van der Waals surface area contributed by atoms with Gasteiger partial charge in [0.05, 0.1) is 16.6 Å². The highest BCUT2D eigenvalue weighted by molar-refractivity contribution is 9.10. The number of furan rings is 1.